The van der Waals surface area contributed by atoms with E-state index in [1.165, 1.54) is 0 Å². The van der Waals surface area contributed by atoms with Crippen LogP contribution in [0.1, 0.15) is 65.2 Å². The minimum atomic E-state index is -0.872. The summed E-state index contributed by atoms with van der Waals surface area (Å²) in [6.07, 6.45) is 4.57. The molecule has 0 aromatic carbocycles. The second-order valence-corrected chi connectivity index (χ2v) is 11.4. The molecule has 6 rings (SSSR count). The monoisotopic (exact) mass is 410 g/mol. The third-order valence-electron chi connectivity index (χ3n) is 10.8. The van der Waals surface area contributed by atoms with Gasteiger partial charge in [0.25, 0.3) is 0 Å². The molecule has 6 heteroatoms. The number of aliphatic hydroxyl groups excluding tert-OH is 1. The topological polar surface area (TPSA) is 113 Å². The molecular formula is C24H30N2O4. The highest BCUT2D eigenvalue weighted by molar-refractivity contribution is 6.00. The molecule has 160 valence electrons. The van der Waals surface area contributed by atoms with Gasteiger partial charge in [-0.15, -0.1) is 0 Å². The van der Waals surface area contributed by atoms with Gasteiger partial charge in [-0.05, 0) is 61.7 Å². The maximum Gasteiger partial charge on any atom is 0.306 e. The van der Waals surface area contributed by atoms with Crippen molar-refractivity contribution in [3.8, 4) is 6.07 Å². The van der Waals surface area contributed by atoms with Gasteiger partial charge in [0, 0.05) is 35.4 Å². The maximum atomic E-state index is 12.9. The van der Waals surface area contributed by atoms with E-state index >= 15 is 0 Å². The van der Waals surface area contributed by atoms with Gasteiger partial charge in [-0.3, -0.25) is 9.59 Å². The quantitative estimate of drug-likeness (QED) is 0.594. The number of allylic oxidation sites excluding steroid dienone is 2. The summed E-state index contributed by atoms with van der Waals surface area (Å²) in [5, 5.41) is 22.0. The van der Waals surface area contributed by atoms with Gasteiger partial charge in [0.1, 0.15) is 5.60 Å². The molecule has 6 aliphatic rings. The van der Waals surface area contributed by atoms with E-state index in [-0.39, 0.29) is 40.8 Å². The van der Waals surface area contributed by atoms with Crippen LogP contribution in [0.5, 0.6) is 0 Å². The van der Waals surface area contributed by atoms with Crippen molar-refractivity contribution >= 4 is 11.8 Å². The zero-order chi connectivity index (χ0) is 21.3. The van der Waals surface area contributed by atoms with Crippen molar-refractivity contribution < 1.29 is 19.4 Å². The molecular weight excluding hydrogens is 380 g/mol. The molecule has 9 atom stereocenters. The first kappa shape index (κ1) is 18.9. The molecule has 30 heavy (non-hydrogen) atoms. The molecule has 4 saturated carbocycles. The van der Waals surface area contributed by atoms with Crippen LogP contribution in [0.4, 0.5) is 0 Å². The fourth-order valence-corrected chi connectivity index (χ4v) is 9.56. The van der Waals surface area contributed by atoms with Crippen molar-refractivity contribution in [2.45, 2.75) is 76.9 Å². The van der Waals surface area contributed by atoms with Gasteiger partial charge in [-0.25, -0.2) is 0 Å². The number of ketones is 1. The third-order valence-corrected chi connectivity index (χ3v) is 10.8. The number of carbonyl (C=O) groups is 2. The van der Waals surface area contributed by atoms with E-state index in [9.17, 15) is 20.0 Å². The Labute approximate surface area is 176 Å². The fraction of sp³-hybridized carbons (Fsp3) is 0.792. The average molecular weight is 411 g/mol. The van der Waals surface area contributed by atoms with Crippen molar-refractivity contribution in [3.05, 3.63) is 11.3 Å². The predicted molar refractivity (Wildman–Crippen MR) is 106 cm³/mol. The predicted octanol–water partition coefficient (Wildman–Crippen LogP) is 2.60. The van der Waals surface area contributed by atoms with Crippen LogP contribution >= 0.6 is 0 Å². The molecule has 1 saturated heterocycles. The summed E-state index contributed by atoms with van der Waals surface area (Å²) in [5.41, 5.74) is 5.72. The van der Waals surface area contributed by atoms with Gasteiger partial charge in [0.15, 0.2) is 5.78 Å². The summed E-state index contributed by atoms with van der Waals surface area (Å²) in [6, 6.07) is 2.55. The number of hydrogen-bond acceptors (Lipinski definition) is 6. The van der Waals surface area contributed by atoms with Gasteiger partial charge < -0.3 is 15.6 Å². The highest BCUT2D eigenvalue weighted by Gasteiger charge is 2.76. The normalized spacial score (nSPS) is 56.0. The Morgan fingerprint density at radius 3 is 2.57 bits per heavy atom. The molecule has 0 aromatic rings. The molecule has 5 fully saturated rings. The highest BCUT2D eigenvalue weighted by atomic mass is 16.6. The second-order valence-electron chi connectivity index (χ2n) is 11.4. The lowest BCUT2D eigenvalue weighted by atomic mass is 9.39. The van der Waals surface area contributed by atoms with E-state index in [4.69, 9.17) is 10.5 Å². The molecule has 2 bridgehead atoms. The Kier molecular flexibility index (Phi) is 3.33. The van der Waals surface area contributed by atoms with Crippen molar-refractivity contribution in [3.63, 3.8) is 0 Å². The number of rotatable bonds is 0. The molecule has 1 heterocycles. The molecule has 1 aliphatic heterocycles. The number of ether oxygens (including phenoxy) is 1. The van der Waals surface area contributed by atoms with Gasteiger partial charge >= 0.3 is 5.97 Å². The Balaban J connectivity index is 1.53. The summed E-state index contributed by atoms with van der Waals surface area (Å²) in [4.78, 5) is 25.0. The lowest BCUT2D eigenvalue weighted by Crippen LogP contribution is -2.64. The van der Waals surface area contributed by atoms with Crippen LogP contribution in [0.15, 0.2) is 11.3 Å². The molecule has 5 aliphatic carbocycles. The first-order valence-corrected chi connectivity index (χ1v) is 11.5. The highest BCUT2D eigenvalue weighted by Crippen LogP contribution is 2.76. The van der Waals surface area contributed by atoms with Crippen LogP contribution in [0.2, 0.25) is 0 Å². The van der Waals surface area contributed by atoms with Crippen LogP contribution in [-0.2, 0) is 14.3 Å². The van der Waals surface area contributed by atoms with Crippen LogP contribution in [0, 0.1) is 51.2 Å². The molecule has 0 amide bonds. The number of aliphatic hydroxyl groups is 1. The van der Waals surface area contributed by atoms with Crippen LogP contribution in [0.25, 0.3) is 0 Å². The Bertz CT molecular complexity index is 967. The Morgan fingerprint density at radius 2 is 1.90 bits per heavy atom. The standard InChI is InChI=1S/C24H30N2O4/c1-21-6-4-14(27)19-20(26)12(9-23(19,21)11-25)17-13-3-7-24(8-5-16(29)30-24)22(13,2)10-15(28)18(17)21/h12-13,15,17-18,28H,3-10,26H2,1-2H3/t12?,13?,15?,17?,18?,21?,22?,23-,24+/m0/s1. The number of hydrogen-bond donors (Lipinski definition) is 2. The average Bonchev–Trinajstić information content (AvgIpc) is 3.31. The molecule has 6 nitrogen and oxygen atoms in total. The maximum absolute atomic E-state index is 12.9. The van der Waals surface area contributed by atoms with E-state index in [0.717, 1.165) is 19.3 Å². The van der Waals surface area contributed by atoms with Crippen LogP contribution in [-0.4, -0.2) is 28.6 Å². The van der Waals surface area contributed by atoms with Crippen LogP contribution in [0.3, 0.4) is 0 Å². The van der Waals surface area contributed by atoms with Crippen molar-refractivity contribution in [1.29, 1.82) is 5.26 Å². The van der Waals surface area contributed by atoms with Crippen molar-refractivity contribution in [2.75, 3.05) is 0 Å². The van der Waals surface area contributed by atoms with E-state index in [1.807, 2.05) is 0 Å². The third kappa shape index (κ3) is 1.71. The first-order valence-electron chi connectivity index (χ1n) is 11.5. The number of nitriles is 1. The van der Waals surface area contributed by atoms with Crippen molar-refractivity contribution in [2.24, 2.45) is 45.7 Å². The SMILES string of the molecule is CC12CC(O)C3C(C4C[C@]5(C#N)C(=C4N)C(=O)CCC35C)C1CC[C@@]21CCC(=O)O1. The van der Waals surface area contributed by atoms with Gasteiger partial charge in [-0.2, -0.15) is 5.26 Å². The molecule has 0 aromatic heterocycles. The molecule has 0 radical (unpaired) electrons. The summed E-state index contributed by atoms with van der Waals surface area (Å²) in [7, 11) is 0. The number of esters is 1. The van der Waals surface area contributed by atoms with E-state index in [1.54, 1.807) is 0 Å². The summed E-state index contributed by atoms with van der Waals surface area (Å²) in [5.74, 6) is 0.169. The van der Waals surface area contributed by atoms with Gasteiger partial charge in [0.2, 0.25) is 0 Å². The zero-order valence-electron chi connectivity index (χ0n) is 17.7. The van der Waals surface area contributed by atoms with Gasteiger partial charge in [0.05, 0.1) is 17.6 Å². The number of nitrogens with zero attached hydrogens (tertiary/aromatic N) is 1. The van der Waals surface area contributed by atoms with Crippen molar-refractivity contribution in [1.82, 2.24) is 0 Å². The minimum absolute atomic E-state index is 0.0255. The number of fused-ring (bicyclic) bond motifs is 7. The zero-order valence-corrected chi connectivity index (χ0v) is 17.7. The number of Topliss-reactive ketones (excluding diaryl/α,β-unsaturated/α-hetero) is 1. The van der Waals surface area contributed by atoms with Gasteiger partial charge in [-0.1, -0.05) is 13.8 Å². The number of carbonyl (C=O) groups excluding carboxylic acids is 2. The smallest absolute Gasteiger partial charge is 0.306 e. The Morgan fingerprint density at radius 1 is 1.13 bits per heavy atom. The Hall–Kier alpha value is -1.87. The van der Waals surface area contributed by atoms with Crippen LogP contribution < -0.4 is 5.73 Å². The summed E-state index contributed by atoms with van der Waals surface area (Å²) in [6.45, 7) is 4.33. The largest absolute Gasteiger partial charge is 0.458 e. The lowest BCUT2D eigenvalue weighted by Gasteiger charge is -2.64. The second kappa shape index (κ2) is 5.30. The molecule has 1 spiro atoms. The molecule has 3 N–H and O–H groups in total. The minimum Gasteiger partial charge on any atom is -0.458 e. The van der Waals surface area contributed by atoms with E-state index < -0.39 is 22.5 Å². The summed E-state index contributed by atoms with van der Waals surface area (Å²) < 4.78 is 5.99. The summed E-state index contributed by atoms with van der Waals surface area (Å²) >= 11 is 0. The first-order chi connectivity index (χ1) is 14.1. The van der Waals surface area contributed by atoms with E-state index in [0.29, 0.717) is 43.4 Å². The van der Waals surface area contributed by atoms with E-state index in [2.05, 4.69) is 19.9 Å². The lowest BCUT2D eigenvalue weighted by molar-refractivity contribution is -0.209. The fourth-order valence-electron chi connectivity index (χ4n) is 9.56. The molecule has 7 unspecified atom stereocenters. The number of nitrogens with two attached hydrogens (primary N) is 1.